The highest BCUT2D eigenvalue weighted by molar-refractivity contribution is 9.10. The third-order valence-corrected chi connectivity index (χ3v) is 4.03. The van der Waals surface area contributed by atoms with Gasteiger partial charge in [-0.15, -0.1) is 0 Å². The minimum Gasteiger partial charge on any atom is -0.493 e. The van der Waals surface area contributed by atoms with Crippen LogP contribution in [0.1, 0.15) is 22.8 Å². The van der Waals surface area contributed by atoms with Crippen molar-refractivity contribution in [1.29, 1.82) is 0 Å². The van der Waals surface area contributed by atoms with Crippen LogP contribution in [0.2, 0.25) is 5.02 Å². The van der Waals surface area contributed by atoms with Crippen molar-refractivity contribution in [3.63, 3.8) is 0 Å². The molecule has 0 fully saturated rings. The van der Waals surface area contributed by atoms with Gasteiger partial charge in [-0.1, -0.05) is 27.5 Å². The van der Waals surface area contributed by atoms with Gasteiger partial charge in [0.2, 0.25) is 0 Å². The van der Waals surface area contributed by atoms with Gasteiger partial charge < -0.3 is 9.47 Å². The molecule has 6 nitrogen and oxygen atoms in total. The number of hydrazine groups is 1. The molecule has 2 rings (SSSR count). The summed E-state index contributed by atoms with van der Waals surface area (Å²) < 4.78 is 11.6. The second kappa shape index (κ2) is 9.45. The van der Waals surface area contributed by atoms with Gasteiger partial charge in [0, 0.05) is 9.50 Å². The number of rotatable bonds is 6. The Morgan fingerprint density at radius 1 is 1.08 bits per heavy atom. The van der Waals surface area contributed by atoms with E-state index in [1.807, 2.05) is 13.8 Å². The molecule has 0 aromatic heterocycles. The first-order valence-electron chi connectivity index (χ1n) is 7.81. The van der Waals surface area contributed by atoms with Crippen molar-refractivity contribution in [3.8, 4) is 11.5 Å². The van der Waals surface area contributed by atoms with E-state index in [1.54, 1.807) is 36.4 Å². The first kappa shape index (κ1) is 20.1. The van der Waals surface area contributed by atoms with Crippen molar-refractivity contribution in [2.45, 2.75) is 13.8 Å². The van der Waals surface area contributed by atoms with Crippen LogP contribution in [-0.4, -0.2) is 25.0 Å². The molecular weight excluding hydrogens is 424 g/mol. The van der Waals surface area contributed by atoms with Gasteiger partial charge in [0.1, 0.15) is 11.5 Å². The highest BCUT2D eigenvalue weighted by Gasteiger charge is 2.14. The van der Waals surface area contributed by atoms with Gasteiger partial charge in [0.25, 0.3) is 11.8 Å². The van der Waals surface area contributed by atoms with Crippen LogP contribution in [-0.2, 0) is 4.79 Å². The van der Waals surface area contributed by atoms with Crippen LogP contribution in [0.3, 0.4) is 0 Å². The van der Waals surface area contributed by atoms with Crippen LogP contribution in [0.15, 0.2) is 40.9 Å². The highest BCUT2D eigenvalue weighted by atomic mass is 79.9. The Balaban J connectivity index is 1.91. The third kappa shape index (κ3) is 5.64. The van der Waals surface area contributed by atoms with E-state index in [0.29, 0.717) is 28.7 Å². The average Bonchev–Trinajstić information content (AvgIpc) is 2.60. The van der Waals surface area contributed by atoms with E-state index in [0.717, 1.165) is 10.0 Å². The molecule has 2 aromatic carbocycles. The Bertz CT molecular complexity index is 814. The summed E-state index contributed by atoms with van der Waals surface area (Å²) in [6.45, 7) is 3.81. The molecule has 0 spiro atoms. The fraction of sp³-hybridized carbons (Fsp3) is 0.222. The molecule has 2 N–H and O–H groups in total. The maximum Gasteiger partial charge on any atom is 0.276 e. The second-order valence-corrected chi connectivity index (χ2v) is 6.63. The number of carbonyl (C=O) groups is 2. The number of nitrogens with one attached hydrogen (secondary N) is 2. The third-order valence-electron chi connectivity index (χ3n) is 3.30. The van der Waals surface area contributed by atoms with Gasteiger partial charge in [0.15, 0.2) is 6.61 Å². The summed E-state index contributed by atoms with van der Waals surface area (Å²) in [5.74, 6) is -0.0246. The lowest BCUT2D eigenvalue weighted by Crippen LogP contribution is -2.44. The summed E-state index contributed by atoms with van der Waals surface area (Å²) in [4.78, 5) is 24.2. The molecule has 0 aliphatic rings. The monoisotopic (exact) mass is 440 g/mol. The predicted molar refractivity (Wildman–Crippen MR) is 103 cm³/mol. The van der Waals surface area contributed by atoms with E-state index in [-0.39, 0.29) is 6.61 Å². The number of hydrogen-bond donors (Lipinski definition) is 2. The van der Waals surface area contributed by atoms with Crippen LogP contribution in [0.25, 0.3) is 0 Å². The summed E-state index contributed by atoms with van der Waals surface area (Å²) >= 11 is 9.18. The second-order valence-electron chi connectivity index (χ2n) is 5.27. The molecule has 26 heavy (non-hydrogen) atoms. The standard InChI is InChI=1S/C18H18BrClN2O4/c1-3-25-16-6-4-12(19)9-14(16)18(24)22-21-17(23)10-26-15-7-5-13(20)8-11(15)2/h4-9H,3,10H2,1-2H3,(H,21,23)(H,22,24). The van der Waals surface area contributed by atoms with Gasteiger partial charge in [-0.2, -0.15) is 0 Å². The zero-order chi connectivity index (χ0) is 19.1. The van der Waals surface area contributed by atoms with E-state index < -0.39 is 11.8 Å². The molecule has 0 radical (unpaired) electrons. The average molecular weight is 442 g/mol. The number of halogens is 2. The van der Waals surface area contributed by atoms with Crippen LogP contribution < -0.4 is 20.3 Å². The van der Waals surface area contributed by atoms with E-state index in [4.69, 9.17) is 21.1 Å². The molecule has 0 atom stereocenters. The molecule has 0 saturated carbocycles. The fourth-order valence-electron chi connectivity index (χ4n) is 2.11. The minimum atomic E-state index is -0.499. The fourth-order valence-corrected chi connectivity index (χ4v) is 2.70. The van der Waals surface area contributed by atoms with Crippen LogP contribution in [0, 0.1) is 6.92 Å². The van der Waals surface area contributed by atoms with E-state index in [2.05, 4.69) is 26.8 Å². The molecule has 0 bridgehead atoms. The smallest absolute Gasteiger partial charge is 0.276 e. The number of aryl methyl sites for hydroxylation is 1. The molecule has 0 unspecified atom stereocenters. The molecule has 0 aliphatic heterocycles. The molecule has 0 saturated heterocycles. The van der Waals surface area contributed by atoms with Gasteiger partial charge in [-0.25, -0.2) is 0 Å². The van der Waals surface area contributed by atoms with Crippen molar-refractivity contribution < 1.29 is 19.1 Å². The zero-order valence-electron chi connectivity index (χ0n) is 14.3. The summed E-state index contributed by atoms with van der Waals surface area (Å²) in [6.07, 6.45) is 0. The van der Waals surface area contributed by atoms with Gasteiger partial charge in [0.05, 0.1) is 12.2 Å². The predicted octanol–water partition coefficient (Wildman–Crippen LogP) is 3.65. The van der Waals surface area contributed by atoms with Crippen molar-refractivity contribution in [2.75, 3.05) is 13.2 Å². The van der Waals surface area contributed by atoms with Crippen LogP contribution in [0.4, 0.5) is 0 Å². The van der Waals surface area contributed by atoms with Gasteiger partial charge in [-0.3, -0.25) is 20.4 Å². The van der Waals surface area contributed by atoms with Gasteiger partial charge in [-0.05, 0) is 55.8 Å². The molecule has 2 aromatic rings. The summed E-state index contributed by atoms with van der Waals surface area (Å²) in [7, 11) is 0. The minimum absolute atomic E-state index is 0.250. The Morgan fingerprint density at radius 3 is 2.50 bits per heavy atom. The van der Waals surface area contributed by atoms with Gasteiger partial charge >= 0.3 is 0 Å². The van der Waals surface area contributed by atoms with Crippen molar-refractivity contribution in [3.05, 3.63) is 57.0 Å². The SMILES string of the molecule is CCOc1ccc(Br)cc1C(=O)NNC(=O)COc1ccc(Cl)cc1C. The highest BCUT2D eigenvalue weighted by Crippen LogP contribution is 2.23. The topological polar surface area (TPSA) is 76.7 Å². The Labute approximate surface area is 164 Å². The quantitative estimate of drug-likeness (QED) is 0.671. The van der Waals surface area contributed by atoms with E-state index >= 15 is 0 Å². The van der Waals surface area contributed by atoms with Crippen molar-refractivity contribution >= 4 is 39.3 Å². The molecule has 2 amide bonds. The first-order chi connectivity index (χ1) is 12.4. The maximum atomic E-state index is 12.3. The number of carbonyl (C=O) groups excluding carboxylic acids is 2. The Hall–Kier alpha value is -2.25. The lowest BCUT2D eigenvalue weighted by Gasteiger charge is -2.13. The molecule has 0 heterocycles. The summed E-state index contributed by atoms with van der Waals surface area (Å²) in [5, 5.41) is 0.589. The normalized spacial score (nSPS) is 10.2. The van der Waals surface area contributed by atoms with E-state index in [1.165, 1.54) is 0 Å². The van der Waals surface area contributed by atoms with E-state index in [9.17, 15) is 9.59 Å². The molecule has 8 heteroatoms. The summed E-state index contributed by atoms with van der Waals surface area (Å²) in [6, 6.07) is 10.1. The number of ether oxygens (including phenoxy) is 2. The van der Waals surface area contributed by atoms with Crippen LogP contribution >= 0.6 is 27.5 Å². The van der Waals surface area contributed by atoms with Crippen LogP contribution in [0.5, 0.6) is 11.5 Å². The lowest BCUT2D eigenvalue weighted by molar-refractivity contribution is -0.123. The molecular formula is C18H18BrClN2O4. The number of hydrogen-bond acceptors (Lipinski definition) is 4. The maximum absolute atomic E-state index is 12.3. The first-order valence-corrected chi connectivity index (χ1v) is 8.98. The number of amides is 2. The number of benzene rings is 2. The molecule has 138 valence electrons. The molecule has 0 aliphatic carbocycles. The largest absolute Gasteiger partial charge is 0.493 e. The van der Waals surface area contributed by atoms with Crippen molar-refractivity contribution in [1.82, 2.24) is 10.9 Å². The van der Waals surface area contributed by atoms with Crippen molar-refractivity contribution in [2.24, 2.45) is 0 Å². The Morgan fingerprint density at radius 2 is 1.81 bits per heavy atom. The lowest BCUT2D eigenvalue weighted by atomic mass is 10.2. The summed E-state index contributed by atoms with van der Waals surface area (Å²) in [5.41, 5.74) is 5.77. The zero-order valence-corrected chi connectivity index (χ0v) is 16.6. The Kier molecular flexibility index (Phi) is 7.29.